The fourth-order valence-electron chi connectivity index (χ4n) is 2.02. The van der Waals surface area contributed by atoms with Crippen LogP contribution in [0.4, 0.5) is 5.82 Å². The molecule has 100 valence electrons. The number of benzene rings is 1. The second-order valence-corrected chi connectivity index (χ2v) is 5.70. The van der Waals surface area contributed by atoms with E-state index in [2.05, 4.69) is 77.3 Å². The lowest BCUT2D eigenvalue weighted by Crippen LogP contribution is -2.09. The number of anilines is 1. The average Bonchev–Trinajstić information content (AvgIpc) is 2.42. The van der Waals surface area contributed by atoms with E-state index in [0.29, 0.717) is 0 Å². The molecule has 1 aromatic carbocycles. The van der Waals surface area contributed by atoms with Crippen LogP contribution in [-0.4, -0.2) is 4.98 Å². The third-order valence-corrected chi connectivity index (χ3v) is 3.72. The molecule has 0 bridgehead atoms. The number of aromatic nitrogens is 1. The van der Waals surface area contributed by atoms with Crippen LogP contribution < -0.4 is 5.32 Å². The number of halogens is 1. The Morgan fingerprint density at radius 2 is 1.95 bits per heavy atom. The molecule has 0 saturated carbocycles. The van der Waals surface area contributed by atoms with Gasteiger partial charge in [0.1, 0.15) is 5.82 Å². The second-order valence-electron chi connectivity index (χ2n) is 4.78. The zero-order valence-corrected chi connectivity index (χ0v) is 13.2. The Kier molecular flexibility index (Phi) is 4.59. The molecule has 0 radical (unpaired) electrons. The highest BCUT2D eigenvalue weighted by Crippen LogP contribution is 2.22. The molecule has 0 amide bonds. The van der Waals surface area contributed by atoms with Crippen LogP contribution in [0.2, 0.25) is 0 Å². The Morgan fingerprint density at radius 1 is 1.26 bits per heavy atom. The van der Waals surface area contributed by atoms with Gasteiger partial charge in [-0.05, 0) is 59.0 Å². The number of hydrogen-bond donors (Lipinski definition) is 1. The predicted octanol–water partition coefficient (Wildman–Crippen LogP) is 4.89. The van der Waals surface area contributed by atoms with Crippen molar-refractivity contribution >= 4 is 21.7 Å². The van der Waals surface area contributed by atoms with Crippen LogP contribution in [0.1, 0.15) is 36.6 Å². The molecule has 0 spiro atoms. The van der Waals surface area contributed by atoms with Crippen molar-refractivity contribution in [3.05, 3.63) is 57.7 Å². The summed E-state index contributed by atoms with van der Waals surface area (Å²) in [5.41, 5.74) is 3.79. The van der Waals surface area contributed by atoms with E-state index < -0.39 is 0 Å². The first kappa shape index (κ1) is 14.1. The molecule has 0 aliphatic carbocycles. The summed E-state index contributed by atoms with van der Waals surface area (Å²) in [6.45, 7) is 6.39. The molecule has 19 heavy (non-hydrogen) atoms. The summed E-state index contributed by atoms with van der Waals surface area (Å²) in [7, 11) is 0. The van der Waals surface area contributed by atoms with Crippen molar-refractivity contribution in [2.24, 2.45) is 0 Å². The summed E-state index contributed by atoms with van der Waals surface area (Å²) in [4.78, 5) is 4.42. The largest absolute Gasteiger partial charge is 0.363 e. The molecule has 1 atom stereocenters. The number of pyridine rings is 1. The Labute approximate surface area is 123 Å². The lowest BCUT2D eigenvalue weighted by atomic mass is 10.0. The van der Waals surface area contributed by atoms with Crippen LogP contribution >= 0.6 is 15.9 Å². The van der Waals surface area contributed by atoms with Crippen LogP contribution in [0, 0.1) is 6.92 Å². The van der Waals surface area contributed by atoms with Gasteiger partial charge in [-0.2, -0.15) is 0 Å². The van der Waals surface area contributed by atoms with Crippen LogP contribution in [0.25, 0.3) is 0 Å². The number of hydrogen-bond acceptors (Lipinski definition) is 2. The molecule has 1 unspecified atom stereocenters. The fourth-order valence-corrected chi connectivity index (χ4v) is 2.47. The quantitative estimate of drug-likeness (QED) is 0.868. The monoisotopic (exact) mass is 318 g/mol. The summed E-state index contributed by atoms with van der Waals surface area (Å²) < 4.78 is 1.01. The maximum Gasteiger partial charge on any atom is 0.129 e. The molecule has 2 aromatic rings. The van der Waals surface area contributed by atoms with Gasteiger partial charge in [0.2, 0.25) is 0 Å². The van der Waals surface area contributed by atoms with Gasteiger partial charge < -0.3 is 5.32 Å². The van der Waals surface area contributed by atoms with Gasteiger partial charge in [0.15, 0.2) is 0 Å². The second kappa shape index (κ2) is 6.20. The van der Waals surface area contributed by atoms with E-state index in [1.807, 2.05) is 6.20 Å². The van der Waals surface area contributed by atoms with Crippen LogP contribution in [0.15, 0.2) is 41.0 Å². The standard InChI is InChI=1S/C16H19BrN2/c1-4-13-5-7-14(8-6-13)12(3)19-16-11(2)9-15(17)10-18-16/h5-10,12H,4H2,1-3H3,(H,18,19). The van der Waals surface area contributed by atoms with Crippen LogP contribution in [-0.2, 0) is 6.42 Å². The van der Waals surface area contributed by atoms with Crippen molar-refractivity contribution in [2.75, 3.05) is 5.32 Å². The molecular weight excluding hydrogens is 300 g/mol. The van der Waals surface area contributed by atoms with E-state index in [1.165, 1.54) is 11.1 Å². The predicted molar refractivity (Wildman–Crippen MR) is 84.5 cm³/mol. The average molecular weight is 319 g/mol. The van der Waals surface area contributed by atoms with Gasteiger partial charge in [-0.15, -0.1) is 0 Å². The molecule has 0 saturated heterocycles. The first-order chi connectivity index (χ1) is 9.10. The lowest BCUT2D eigenvalue weighted by Gasteiger charge is -2.17. The summed E-state index contributed by atoms with van der Waals surface area (Å²) >= 11 is 3.43. The highest BCUT2D eigenvalue weighted by atomic mass is 79.9. The Balaban J connectivity index is 2.13. The van der Waals surface area contributed by atoms with Crippen molar-refractivity contribution in [3.63, 3.8) is 0 Å². The third kappa shape index (κ3) is 3.57. The summed E-state index contributed by atoms with van der Waals surface area (Å²) in [5, 5.41) is 3.46. The zero-order valence-electron chi connectivity index (χ0n) is 11.6. The molecule has 3 heteroatoms. The van der Waals surface area contributed by atoms with E-state index in [-0.39, 0.29) is 6.04 Å². The summed E-state index contributed by atoms with van der Waals surface area (Å²) in [6, 6.07) is 11.1. The minimum atomic E-state index is 0.248. The zero-order chi connectivity index (χ0) is 13.8. The SMILES string of the molecule is CCc1ccc(C(C)Nc2ncc(Br)cc2C)cc1. The first-order valence-electron chi connectivity index (χ1n) is 6.57. The number of nitrogens with one attached hydrogen (secondary N) is 1. The highest BCUT2D eigenvalue weighted by Gasteiger charge is 2.08. The Morgan fingerprint density at radius 3 is 2.53 bits per heavy atom. The van der Waals surface area contributed by atoms with Crippen molar-refractivity contribution in [2.45, 2.75) is 33.2 Å². The van der Waals surface area contributed by atoms with E-state index >= 15 is 0 Å². The molecule has 1 aromatic heterocycles. The van der Waals surface area contributed by atoms with Crippen LogP contribution in [0.3, 0.4) is 0 Å². The van der Waals surface area contributed by atoms with Gasteiger partial charge in [-0.25, -0.2) is 4.98 Å². The first-order valence-corrected chi connectivity index (χ1v) is 7.37. The van der Waals surface area contributed by atoms with Gasteiger partial charge in [-0.3, -0.25) is 0 Å². The van der Waals surface area contributed by atoms with E-state index in [9.17, 15) is 0 Å². The molecular formula is C16H19BrN2. The molecule has 2 rings (SSSR count). The molecule has 2 nitrogen and oxygen atoms in total. The van der Waals surface area contributed by atoms with Crippen molar-refractivity contribution in [1.82, 2.24) is 4.98 Å². The van der Waals surface area contributed by atoms with E-state index in [0.717, 1.165) is 22.3 Å². The topological polar surface area (TPSA) is 24.9 Å². The molecule has 0 fully saturated rings. The van der Waals surface area contributed by atoms with Crippen molar-refractivity contribution < 1.29 is 0 Å². The summed E-state index contributed by atoms with van der Waals surface area (Å²) in [5.74, 6) is 0.940. The molecule has 1 N–H and O–H groups in total. The summed E-state index contributed by atoms with van der Waals surface area (Å²) in [6.07, 6.45) is 2.90. The van der Waals surface area contributed by atoms with E-state index in [4.69, 9.17) is 0 Å². The Hall–Kier alpha value is -1.35. The number of nitrogens with zero attached hydrogens (tertiary/aromatic N) is 1. The number of rotatable bonds is 4. The highest BCUT2D eigenvalue weighted by molar-refractivity contribution is 9.10. The van der Waals surface area contributed by atoms with E-state index in [1.54, 1.807) is 0 Å². The van der Waals surface area contributed by atoms with Gasteiger partial charge in [0.25, 0.3) is 0 Å². The maximum absolute atomic E-state index is 4.42. The van der Waals surface area contributed by atoms with Gasteiger partial charge in [0, 0.05) is 16.7 Å². The molecule has 0 aliphatic heterocycles. The molecule has 1 heterocycles. The van der Waals surface area contributed by atoms with Gasteiger partial charge in [0.05, 0.1) is 0 Å². The van der Waals surface area contributed by atoms with Crippen molar-refractivity contribution in [3.8, 4) is 0 Å². The molecule has 0 aliphatic rings. The number of aryl methyl sites for hydroxylation is 2. The van der Waals surface area contributed by atoms with Gasteiger partial charge in [-0.1, -0.05) is 31.2 Å². The maximum atomic E-state index is 4.42. The smallest absolute Gasteiger partial charge is 0.129 e. The normalized spacial score (nSPS) is 12.2. The Bertz CT molecular complexity index is 549. The van der Waals surface area contributed by atoms with Crippen molar-refractivity contribution in [1.29, 1.82) is 0 Å². The minimum absolute atomic E-state index is 0.248. The fraction of sp³-hybridized carbons (Fsp3) is 0.312. The minimum Gasteiger partial charge on any atom is -0.363 e. The lowest BCUT2D eigenvalue weighted by molar-refractivity contribution is 0.869. The van der Waals surface area contributed by atoms with Gasteiger partial charge >= 0.3 is 0 Å². The third-order valence-electron chi connectivity index (χ3n) is 3.29. The van der Waals surface area contributed by atoms with Crippen LogP contribution in [0.5, 0.6) is 0 Å².